The van der Waals surface area contributed by atoms with Gasteiger partial charge in [-0.1, -0.05) is 11.6 Å². The molecule has 110 valence electrons. The van der Waals surface area contributed by atoms with E-state index in [-0.39, 0.29) is 18.4 Å². The summed E-state index contributed by atoms with van der Waals surface area (Å²) < 4.78 is 0.694. The first-order chi connectivity index (χ1) is 9.29. The number of nitrogens with two attached hydrogens (primary N) is 1. The molecular weight excluding hydrogens is 346 g/mol. The fourth-order valence-electron chi connectivity index (χ4n) is 1.58. The smallest absolute Gasteiger partial charge is 0.240 e. The standard InChI is InChI=1S/C13H17BrClN3O2/c1-7(2)17-12(19)6-11(13(16)20)18-8-3-4-10(15)9(14)5-8/h3-5,7,11,18H,6H2,1-2H3,(H2,16,20)(H,17,19). The molecule has 1 aromatic rings. The quantitative estimate of drug-likeness (QED) is 0.726. The molecule has 0 radical (unpaired) electrons. The Morgan fingerprint density at radius 1 is 1.40 bits per heavy atom. The topological polar surface area (TPSA) is 84.2 Å². The van der Waals surface area contributed by atoms with Crippen LogP contribution in [0.2, 0.25) is 5.02 Å². The highest BCUT2D eigenvalue weighted by molar-refractivity contribution is 9.10. The lowest BCUT2D eigenvalue weighted by molar-refractivity contribution is -0.125. The number of halogens is 2. The molecule has 20 heavy (non-hydrogen) atoms. The second-order valence-corrected chi connectivity index (χ2v) is 5.92. The number of primary amides is 1. The zero-order chi connectivity index (χ0) is 15.3. The van der Waals surface area contributed by atoms with Crippen molar-refractivity contribution >= 4 is 45.0 Å². The molecule has 0 fully saturated rings. The van der Waals surface area contributed by atoms with Crippen LogP contribution in [0.5, 0.6) is 0 Å². The molecule has 0 spiro atoms. The van der Waals surface area contributed by atoms with Crippen molar-refractivity contribution < 1.29 is 9.59 Å². The fraction of sp³-hybridized carbons (Fsp3) is 0.385. The molecule has 1 atom stereocenters. The molecule has 0 aliphatic rings. The van der Waals surface area contributed by atoms with Gasteiger partial charge in [-0.15, -0.1) is 0 Å². The van der Waals surface area contributed by atoms with Gasteiger partial charge in [0.15, 0.2) is 0 Å². The van der Waals surface area contributed by atoms with E-state index in [0.717, 1.165) is 0 Å². The van der Waals surface area contributed by atoms with Crippen LogP contribution in [0.25, 0.3) is 0 Å². The number of carbonyl (C=O) groups excluding carboxylic acids is 2. The number of hydrogen-bond acceptors (Lipinski definition) is 3. The van der Waals surface area contributed by atoms with Gasteiger partial charge in [0.2, 0.25) is 11.8 Å². The van der Waals surface area contributed by atoms with Crippen molar-refractivity contribution in [1.82, 2.24) is 5.32 Å². The Morgan fingerprint density at radius 2 is 2.05 bits per heavy atom. The number of hydrogen-bond donors (Lipinski definition) is 3. The first-order valence-corrected chi connectivity index (χ1v) is 7.27. The van der Waals surface area contributed by atoms with Crippen LogP contribution in [-0.2, 0) is 9.59 Å². The van der Waals surface area contributed by atoms with Crippen molar-refractivity contribution in [2.24, 2.45) is 5.73 Å². The third-order valence-electron chi connectivity index (χ3n) is 2.44. The van der Waals surface area contributed by atoms with E-state index in [2.05, 4.69) is 26.6 Å². The van der Waals surface area contributed by atoms with E-state index in [1.807, 2.05) is 13.8 Å². The average Bonchev–Trinajstić information content (AvgIpc) is 2.31. The van der Waals surface area contributed by atoms with Gasteiger partial charge < -0.3 is 16.4 Å². The molecule has 1 rings (SSSR count). The van der Waals surface area contributed by atoms with E-state index in [9.17, 15) is 9.59 Å². The van der Waals surface area contributed by atoms with Gasteiger partial charge >= 0.3 is 0 Å². The molecule has 0 saturated carbocycles. The minimum Gasteiger partial charge on any atom is -0.373 e. The predicted octanol–water partition coefficient (Wildman–Crippen LogP) is 2.28. The van der Waals surface area contributed by atoms with Crippen molar-refractivity contribution in [3.05, 3.63) is 27.7 Å². The van der Waals surface area contributed by atoms with Gasteiger partial charge in [-0.2, -0.15) is 0 Å². The number of nitrogens with one attached hydrogen (secondary N) is 2. The summed E-state index contributed by atoms with van der Waals surface area (Å²) in [7, 11) is 0. The van der Waals surface area contributed by atoms with Crippen molar-refractivity contribution in [3.63, 3.8) is 0 Å². The summed E-state index contributed by atoms with van der Waals surface area (Å²) in [6.07, 6.45) is -0.0201. The second-order valence-electron chi connectivity index (χ2n) is 4.65. The Hall–Kier alpha value is -1.27. The molecule has 0 aliphatic heterocycles. The average molecular weight is 363 g/mol. The van der Waals surface area contributed by atoms with Crippen molar-refractivity contribution in [1.29, 1.82) is 0 Å². The molecule has 2 amide bonds. The lowest BCUT2D eigenvalue weighted by Crippen LogP contribution is -2.41. The van der Waals surface area contributed by atoms with Gasteiger partial charge in [0, 0.05) is 16.2 Å². The van der Waals surface area contributed by atoms with Gasteiger partial charge in [0.1, 0.15) is 6.04 Å². The van der Waals surface area contributed by atoms with E-state index in [0.29, 0.717) is 15.2 Å². The van der Waals surface area contributed by atoms with Gasteiger partial charge in [0.25, 0.3) is 0 Å². The molecule has 4 N–H and O–H groups in total. The summed E-state index contributed by atoms with van der Waals surface area (Å²) in [5.74, 6) is -0.820. The van der Waals surface area contributed by atoms with Crippen LogP contribution in [0.1, 0.15) is 20.3 Å². The van der Waals surface area contributed by atoms with Crippen LogP contribution in [0.3, 0.4) is 0 Å². The third kappa shape index (κ3) is 5.38. The highest BCUT2D eigenvalue weighted by Crippen LogP contribution is 2.26. The molecule has 0 aromatic heterocycles. The number of carbonyl (C=O) groups is 2. The normalized spacial score (nSPS) is 12.1. The first-order valence-electron chi connectivity index (χ1n) is 6.10. The highest BCUT2D eigenvalue weighted by Gasteiger charge is 2.19. The van der Waals surface area contributed by atoms with E-state index in [1.54, 1.807) is 18.2 Å². The molecule has 0 heterocycles. The van der Waals surface area contributed by atoms with E-state index >= 15 is 0 Å². The summed E-state index contributed by atoms with van der Waals surface area (Å²) >= 11 is 9.18. The number of anilines is 1. The minimum absolute atomic E-state index is 0.0145. The fourth-order valence-corrected chi connectivity index (χ4v) is 2.07. The van der Waals surface area contributed by atoms with Gasteiger partial charge in [-0.05, 0) is 48.0 Å². The Morgan fingerprint density at radius 3 is 2.55 bits per heavy atom. The minimum atomic E-state index is -0.776. The lowest BCUT2D eigenvalue weighted by Gasteiger charge is -2.17. The Labute approximate surface area is 131 Å². The summed E-state index contributed by atoms with van der Waals surface area (Å²) in [5, 5.41) is 6.20. The third-order valence-corrected chi connectivity index (χ3v) is 3.66. The SMILES string of the molecule is CC(C)NC(=O)CC(Nc1ccc(Cl)c(Br)c1)C(N)=O. The van der Waals surface area contributed by atoms with Gasteiger partial charge in [0.05, 0.1) is 11.4 Å². The van der Waals surface area contributed by atoms with Crippen LogP contribution >= 0.6 is 27.5 Å². The zero-order valence-corrected chi connectivity index (χ0v) is 13.6. The first kappa shape index (κ1) is 16.8. The lowest BCUT2D eigenvalue weighted by atomic mass is 10.1. The van der Waals surface area contributed by atoms with Crippen molar-refractivity contribution in [3.8, 4) is 0 Å². The Balaban J connectivity index is 2.74. The van der Waals surface area contributed by atoms with Crippen LogP contribution in [0.15, 0.2) is 22.7 Å². The molecule has 0 saturated heterocycles. The van der Waals surface area contributed by atoms with E-state index in [1.165, 1.54) is 0 Å². The number of amides is 2. The van der Waals surface area contributed by atoms with Crippen LogP contribution in [0.4, 0.5) is 5.69 Å². The zero-order valence-electron chi connectivity index (χ0n) is 11.2. The molecule has 0 aliphatic carbocycles. The monoisotopic (exact) mass is 361 g/mol. The molecule has 5 nitrogen and oxygen atoms in total. The molecule has 1 aromatic carbocycles. The van der Waals surface area contributed by atoms with Gasteiger partial charge in [-0.3, -0.25) is 9.59 Å². The van der Waals surface area contributed by atoms with Crippen LogP contribution in [0, 0.1) is 0 Å². The highest BCUT2D eigenvalue weighted by atomic mass is 79.9. The molecule has 1 unspecified atom stereocenters. The van der Waals surface area contributed by atoms with E-state index in [4.69, 9.17) is 17.3 Å². The summed E-state index contributed by atoms with van der Waals surface area (Å²) in [5.41, 5.74) is 5.97. The Kier molecular flexibility index (Phi) is 6.29. The van der Waals surface area contributed by atoms with E-state index < -0.39 is 11.9 Å². The largest absolute Gasteiger partial charge is 0.373 e. The molecular formula is C13H17BrClN3O2. The number of rotatable bonds is 6. The number of benzene rings is 1. The molecule has 0 bridgehead atoms. The Bertz CT molecular complexity index is 508. The molecule has 7 heteroatoms. The predicted molar refractivity (Wildman–Crippen MR) is 83.7 cm³/mol. The maximum absolute atomic E-state index is 11.7. The van der Waals surface area contributed by atoms with Crippen LogP contribution in [-0.4, -0.2) is 23.9 Å². The van der Waals surface area contributed by atoms with Crippen molar-refractivity contribution in [2.45, 2.75) is 32.4 Å². The van der Waals surface area contributed by atoms with Crippen molar-refractivity contribution in [2.75, 3.05) is 5.32 Å². The maximum atomic E-state index is 11.7. The second kappa shape index (κ2) is 7.50. The summed E-state index contributed by atoms with van der Waals surface area (Å²) in [6, 6.07) is 4.35. The summed E-state index contributed by atoms with van der Waals surface area (Å²) in [4.78, 5) is 23.1. The van der Waals surface area contributed by atoms with Crippen LogP contribution < -0.4 is 16.4 Å². The maximum Gasteiger partial charge on any atom is 0.240 e. The summed E-state index contributed by atoms with van der Waals surface area (Å²) in [6.45, 7) is 3.70. The van der Waals surface area contributed by atoms with Gasteiger partial charge in [-0.25, -0.2) is 0 Å².